The molecule has 0 aromatic heterocycles. The van der Waals surface area contributed by atoms with Crippen LogP contribution in [0.25, 0.3) is 0 Å². The van der Waals surface area contributed by atoms with Crippen LogP contribution in [0.2, 0.25) is 0 Å². The van der Waals surface area contributed by atoms with Crippen LogP contribution < -0.4 is 5.32 Å². The molecule has 2 amide bonds. The minimum absolute atomic E-state index is 0.00314. The topological polar surface area (TPSA) is 58.6 Å². The van der Waals surface area contributed by atoms with E-state index in [0.717, 1.165) is 11.4 Å². The number of morpholine rings is 1. The third kappa shape index (κ3) is 4.75. The highest BCUT2D eigenvalue weighted by atomic mass is 32.2. The fourth-order valence-electron chi connectivity index (χ4n) is 2.06. The highest BCUT2D eigenvalue weighted by Gasteiger charge is 2.18. The Balaban J connectivity index is 1.91. The molecular formula is C15H20N2O3S. The fourth-order valence-corrected chi connectivity index (χ4v) is 2.45. The van der Waals surface area contributed by atoms with Gasteiger partial charge in [0.05, 0.1) is 13.2 Å². The van der Waals surface area contributed by atoms with Crippen LogP contribution in [-0.2, 0) is 9.53 Å². The maximum Gasteiger partial charge on any atom is 0.254 e. The van der Waals surface area contributed by atoms with Crippen molar-refractivity contribution in [3.05, 3.63) is 29.8 Å². The van der Waals surface area contributed by atoms with E-state index in [-0.39, 0.29) is 11.8 Å². The Hall–Kier alpha value is -1.53. The van der Waals surface area contributed by atoms with Crippen LogP contribution in [0, 0.1) is 0 Å². The maximum atomic E-state index is 12.3. The van der Waals surface area contributed by atoms with E-state index in [2.05, 4.69) is 5.32 Å². The van der Waals surface area contributed by atoms with Crippen LogP contribution in [0.5, 0.6) is 0 Å². The van der Waals surface area contributed by atoms with E-state index in [1.807, 2.05) is 6.26 Å². The first kappa shape index (κ1) is 15.9. The number of thioether (sulfide) groups is 1. The Kier molecular flexibility index (Phi) is 6.07. The molecule has 0 saturated carbocycles. The molecule has 114 valence electrons. The van der Waals surface area contributed by atoms with Gasteiger partial charge in [-0.1, -0.05) is 0 Å². The van der Waals surface area contributed by atoms with Gasteiger partial charge in [0.2, 0.25) is 5.91 Å². The molecule has 1 N–H and O–H groups in total. The quantitative estimate of drug-likeness (QED) is 0.902. The van der Waals surface area contributed by atoms with E-state index in [9.17, 15) is 9.59 Å². The first-order chi connectivity index (χ1) is 10.2. The average Bonchev–Trinajstić information content (AvgIpc) is 2.54. The van der Waals surface area contributed by atoms with Gasteiger partial charge in [0.15, 0.2) is 0 Å². The Morgan fingerprint density at radius 2 is 1.90 bits per heavy atom. The first-order valence-corrected chi connectivity index (χ1v) is 8.36. The van der Waals surface area contributed by atoms with Crippen molar-refractivity contribution in [3.63, 3.8) is 0 Å². The van der Waals surface area contributed by atoms with Crippen LogP contribution in [0.1, 0.15) is 16.8 Å². The van der Waals surface area contributed by atoms with Crippen LogP contribution in [0.15, 0.2) is 24.3 Å². The molecule has 0 atom stereocenters. The summed E-state index contributed by atoms with van der Waals surface area (Å²) in [6.07, 6.45) is 2.47. The lowest BCUT2D eigenvalue weighted by Crippen LogP contribution is -2.40. The number of anilines is 1. The van der Waals surface area contributed by atoms with Gasteiger partial charge in [0.1, 0.15) is 0 Å². The highest BCUT2D eigenvalue weighted by Crippen LogP contribution is 2.13. The number of carbonyl (C=O) groups excluding carboxylic acids is 2. The average molecular weight is 308 g/mol. The third-order valence-corrected chi connectivity index (χ3v) is 3.86. The second-order valence-electron chi connectivity index (χ2n) is 4.77. The molecule has 0 radical (unpaired) electrons. The zero-order valence-electron chi connectivity index (χ0n) is 12.1. The Morgan fingerprint density at radius 3 is 2.52 bits per heavy atom. The normalized spacial score (nSPS) is 14.8. The number of hydrogen-bond acceptors (Lipinski definition) is 4. The minimum atomic E-state index is -0.00314. The van der Waals surface area contributed by atoms with Gasteiger partial charge in [-0.2, -0.15) is 11.8 Å². The largest absolute Gasteiger partial charge is 0.378 e. The third-order valence-electron chi connectivity index (χ3n) is 3.25. The summed E-state index contributed by atoms with van der Waals surface area (Å²) >= 11 is 1.64. The predicted molar refractivity (Wildman–Crippen MR) is 84.8 cm³/mol. The van der Waals surface area contributed by atoms with E-state index >= 15 is 0 Å². The molecule has 1 aromatic rings. The summed E-state index contributed by atoms with van der Waals surface area (Å²) < 4.78 is 5.24. The fraction of sp³-hybridized carbons (Fsp3) is 0.467. The van der Waals surface area contributed by atoms with Gasteiger partial charge in [-0.05, 0) is 30.5 Å². The minimum Gasteiger partial charge on any atom is -0.378 e. The van der Waals surface area contributed by atoms with Gasteiger partial charge in [-0.25, -0.2) is 0 Å². The van der Waals surface area contributed by atoms with Gasteiger partial charge in [-0.3, -0.25) is 9.59 Å². The van der Waals surface area contributed by atoms with Crippen molar-refractivity contribution < 1.29 is 14.3 Å². The van der Waals surface area contributed by atoms with E-state index < -0.39 is 0 Å². The molecular weight excluding hydrogens is 288 g/mol. The van der Waals surface area contributed by atoms with Gasteiger partial charge in [-0.15, -0.1) is 0 Å². The summed E-state index contributed by atoms with van der Waals surface area (Å²) in [7, 11) is 0. The second-order valence-corrected chi connectivity index (χ2v) is 5.76. The van der Waals surface area contributed by atoms with Crippen molar-refractivity contribution in [2.24, 2.45) is 0 Å². The van der Waals surface area contributed by atoms with Gasteiger partial charge in [0, 0.05) is 36.5 Å². The summed E-state index contributed by atoms with van der Waals surface area (Å²) in [4.78, 5) is 25.7. The van der Waals surface area contributed by atoms with Crippen LogP contribution in [0.3, 0.4) is 0 Å². The SMILES string of the molecule is CSCCC(=O)Nc1ccc(C(=O)N2CCOCC2)cc1. The first-order valence-electron chi connectivity index (χ1n) is 6.96. The number of carbonyl (C=O) groups is 2. The standard InChI is InChI=1S/C15H20N2O3S/c1-21-11-6-14(18)16-13-4-2-12(3-5-13)15(19)17-7-9-20-10-8-17/h2-5H,6-11H2,1H3,(H,16,18). The monoisotopic (exact) mass is 308 g/mol. The smallest absolute Gasteiger partial charge is 0.254 e. The zero-order chi connectivity index (χ0) is 15.1. The number of hydrogen-bond donors (Lipinski definition) is 1. The Bertz CT molecular complexity index is 484. The van der Waals surface area contributed by atoms with E-state index in [1.165, 1.54) is 0 Å². The number of nitrogens with one attached hydrogen (secondary N) is 1. The summed E-state index contributed by atoms with van der Waals surface area (Å²) in [6, 6.07) is 7.04. The number of benzene rings is 1. The molecule has 1 aliphatic rings. The van der Waals surface area contributed by atoms with Crippen molar-refractivity contribution in [2.75, 3.05) is 43.6 Å². The van der Waals surface area contributed by atoms with Crippen LogP contribution in [-0.4, -0.2) is 55.0 Å². The molecule has 1 aliphatic heterocycles. The van der Waals surface area contributed by atoms with Crippen molar-refractivity contribution in [1.29, 1.82) is 0 Å². The van der Waals surface area contributed by atoms with Crippen molar-refractivity contribution in [1.82, 2.24) is 4.90 Å². The summed E-state index contributed by atoms with van der Waals surface area (Å²) in [6.45, 7) is 2.45. The van der Waals surface area contributed by atoms with E-state index in [0.29, 0.717) is 38.3 Å². The number of ether oxygens (including phenoxy) is 1. The molecule has 1 aromatic carbocycles. The Labute approximate surface area is 129 Å². The van der Waals surface area contributed by atoms with Crippen molar-refractivity contribution >= 4 is 29.3 Å². The molecule has 21 heavy (non-hydrogen) atoms. The van der Waals surface area contributed by atoms with Gasteiger partial charge >= 0.3 is 0 Å². The second kappa shape index (κ2) is 8.05. The number of nitrogens with zero attached hydrogens (tertiary/aromatic N) is 1. The molecule has 0 spiro atoms. The molecule has 1 fully saturated rings. The predicted octanol–water partition coefficient (Wildman–Crippen LogP) is 1.85. The summed E-state index contributed by atoms with van der Waals surface area (Å²) in [5, 5.41) is 2.83. The molecule has 1 saturated heterocycles. The Morgan fingerprint density at radius 1 is 1.24 bits per heavy atom. The summed E-state index contributed by atoms with van der Waals surface area (Å²) in [5.74, 6) is 0.814. The number of rotatable bonds is 5. The lowest BCUT2D eigenvalue weighted by molar-refractivity contribution is -0.115. The molecule has 0 bridgehead atoms. The lowest BCUT2D eigenvalue weighted by Gasteiger charge is -2.26. The molecule has 6 heteroatoms. The van der Waals surface area contributed by atoms with E-state index in [1.54, 1.807) is 40.9 Å². The molecule has 1 heterocycles. The summed E-state index contributed by atoms with van der Waals surface area (Å²) in [5.41, 5.74) is 1.36. The molecule has 0 aliphatic carbocycles. The van der Waals surface area contributed by atoms with Gasteiger partial charge < -0.3 is 15.0 Å². The van der Waals surface area contributed by atoms with Crippen LogP contribution in [0.4, 0.5) is 5.69 Å². The zero-order valence-corrected chi connectivity index (χ0v) is 12.9. The molecule has 2 rings (SSSR count). The van der Waals surface area contributed by atoms with Crippen molar-refractivity contribution in [2.45, 2.75) is 6.42 Å². The lowest BCUT2D eigenvalue weighted by atomic mass is 10.1. The number of amides is 2. The molecule has 5 nitrogen and oxygen atoms in total. The highest BCUT2D eigenvalue weighted by molar-refractivity contribution is 7.98. The van der Waals surface area contributed by atoms with Crippen LogP contribution >= 0.6 is 11.8 Å². The van der Waals surface area contributed by atoms with E-state index in [4.69, 9.17) is 4.74 Å². The van der Waals surface area contributed by atoms with Crippen molar-refractivity contribution in [3.8, 4) is 0 Å². The van der Waals surface area contributed by atoms with Gasteiger partial charge in [0.25, 0.3) is 5.91 Å². The molecule has 0 unspecified atom stereocenters. The maximum absolute atomic E-state index is 12.3.